The smallest absolute Gasteiger partial charge is 0.295 e. The predicted molar refractivity (Wildman–Crippen MR) is 69.9 cm³/mol. The molecule has 1 unspecified atom stereocenters. The molecule has 2 aromatic rings. The highest BCUT2D eigenvalue weighted by atomic mass is 32.2. The van der Waals surface area contributed by atoms with Gasteiger partial charge in [0.15, 0.2) is 5.58 Å². The highest BCUT2D eigenvalue weighted by Crippen LogP contribution is 2.21. The van der Waals surface area contributed by atoms with Gasteiger partial charge in [0.25, 0.3) is 6.01 Å². The first-order valence-electron chi connectivity index (χ1n) is 5.10. The number of nitrogens with one attached hydrogen (secondary N) is 1. The van der Waals surface area contributed by atoms with E-state index >= 15 is 0 Å². The summed E-state index contributed by atoms with van der Waals surface area (Å²) in [6, 6.07) is 6.35. The van der Waals surface area contributed by atoms with Crippen LogP contribution in [0.1, 0.15) is 6.92 Å². The molecule has 0 aliphatic heterocycles. The summed E-state index contributed by atoms with van der Waals surface area (Å²) in [4.78, 5) is 4.33. The number of aromatic nitrogens is 1. The summed E-state index contributed by atoms with van der Waals surface area (Å²) < 4.78 is 5.55. The molecule has 0 bridgehead atoms. The molecule has 5 heteroatoms. The minimum absolute atomic E-state index is 0.334. The Balaban J connectivity index is 2.19. The topological polar surface area (TPSA) is 64.1 Å². The molecule has 2 rings (SSSR count). The largest absolute Gasteiger partial charge is 0.423 e. The number of fused-ring (bicyclic) bond motifs is 1. The van der Waals surface area contributed by atoms with Gasteiger partial charge in [-0.05, 0) is 25.3 Å². The zero-order chi connectivity index (χ0) is 11.5. The first-order chi connectivity index (χ1) is 7.69. The molecular weight excluding hydrogens is 222 g/mol. The van der Waals surface area contributed by atoms with Crippen LogP contribution in [0, 0.1) is 0 Å². The quantitative estimate of drug-likeness (QED) is 0.800. The van der Waals surface area contributed by atoms with E-state index in [-0.39, 0.29) is 0 Å². The maximum atomic E-state index is 5.67. The molecule has 4 nitrogen and oxygen atoms in total. The Morgan fingerprint density at radius 1 is 1.56 bits per heavy atom. The fourth-order valence-corrected chi connectivity index (χ4v) is 2.09. The summed E-state index contributed by atoms with van der Waals surface area (Å²) in [5.41, 5.74) is 7.91. The van der Waals surface area contributed by atoms with Gasteiger partial charge in [0.2, 0.25) is 0 Å². The molecular formula is C11H15N3OS. The molecule has 0 fully saturated rings. The third-order valence-electron chi connectivity index (χ3n) is 2.20. The van der Waals surface area contributed by atoms with Gasteiger partial charge in [0.1, 0.15) is 5.52 Å². The van der Waals surface area contributed by atoms with Gasteiger partial charge in [-0.3, -0.25) is 0 Å². The van der Waals surface area contributed by atoms with E-state index in [1.54, 1.807) is 17.8 Å². The summed E-state index contributed by atoms with van der Waals surface area (Å²) >= 11 is 1.79. The summed E-state index contributed by atoms with van der Waals surface area (Å²) in [6.45, 7) is 2.10. The Morgan fingerprint density at radius 3 is 3.12 bits per heavy atom. The first-order valence-corrected chi connectivity index (χ1v) is 6.50. The van der Waals surface area contributed by atoms with E-state index in [1.165, 1.54) is 0 Å². The average molecular weight is 237 g/mol. The van der Waals surface area contributed by atoms with Gasteiger partial charge >= 0.3 is 0 Å². The Hall–Kier alpha value is -1.36. The Morgan fingerprint density at radius 2 is 2.38 bits per heavy atom. The highest BCUT2D eigenvalue weighted by molar-refractivity contribution is 7.98. The van der Waals surface area contributed by atoms with Crippen molar-refractivity contribution in [2.75, 3.05) is 23.1 Å². The summed E-state index contributed by atoms with van der Waals surface area (Å²) in [5, 5.41) is 3.21. The molecule has 0 saturated carbocycles. The Bertz CT molecular complexity index is 483. The lowest BCUT2D eigenvalue weighted by Crippen LogP contribution is -2.17. The maximum Gasteiger partial charge on any atom is 0.295 e. The number of hydrogen-bond donors (Lipinski definition) is 2. The van der Waals surface area contributed by atoms with Gasteiger partial charge in [-0.2, -0.15) is 16.7 Å². The van der Waals surface area contributed by atoms with E-state index < -0.39 is 0 Å². The van der Waals surface area contributed by atoms with Crippen molar-refractivity contribution >= 4 is 34.6 Å². The number of thioether (sulfide) groups is 1. The van der Waals surface area contributed by atoms with Crippen molar-refractivity contribution in [2.24, 2.45) is 0 Å². The molecule has 0 aliphatic carbocycles. The molecule has 0 spiro atoms. The molecule has 3 N–H and O–H groups in total. The third-order valence-corrected chi connectivity index (χ3v) is 3.03. The van der Waals surface area contributed by atoms with Crippen LogP contribution in [0.5, 0.6) is 0 Å². The minimum atomic E-state index is 0.334. The van der Waals surface area contributed by atoms with E-state index in [0.717, 1.165) is 16.9 Å². The summed E-state index contributed by atoms with van der Waals surface area (Å²) in [5.74, 6) is 1.01. The molecule has 0 aliphatic rings. The van der Waals surface area contributed by atoms with Gasteiger partial charge in [-0.15, -0.1) is 0 Å². The van der Waals surface area contributed by atoms with Crippen LogP contribution in [0.25, 0.3) is 11.1 Å². The van der Waals surface area contributed by atoms with E-state index in [1.807, 2.05) is 12.1 Å². The van der Waals surface area contributed by atoms with Gasteiger partial charge in [-0.1, -0.05) is 0 Å². The maximum absolute atomic E-state index is 5.67. The highest BCUT2D eigenvalue weighted by Gasteiger charge is 2.08. The van der Waals surface area contributed by atoms with Crippen LogP contribution in [0.3, 0.4) is 0 Å². The SMILES string of the molecule is CSCC(C)Nc1nc2ccc(N)cc2o1. The van der Waals surface area contributed by atoms with Crippen LogP contribution >= 0.6 is 11.8 Å². The third kappa shape index (κ3) is 2.41. The van der Waals surface area contributed by atoms with Crippen molar-refractivity contribution in [3.63, 3.8) is 0 Å². The van der Waals surface area contributed by atoms with Crippen LogP contribution in [-0.4, -0.2) is 23.0 Å². The van der Waals surface area contributed by atoms with E-state index in [9.17, 15) is 0 Å². The number of nitrogen functional groups attached to an aromatic ring is 1. The number of nitrogens with two attached hydrogens (primary N) is 1. The monoisotopic (exact) mass is 237 g/mol. The van der Waals surface area contributed by atoms with Crippen molar-refractivity contribution in [3.8, 4) is 0 Å². The number of nitrogens with zero attached hydrogens (tertiary/aromatic N) is 1. The molecule has 0 radical (unpaired) electrons. The minimum Gasteiger partial charge on any atom is -0.423 e. The van der Waals surface area contributed by atoms with Crippen LogP contribution in [0.15, 0.2) is 22.6 Å². The number of rotatable bonds is 4. The number of benzene rings is 1. The Labute approximate surface area is 98.6 Å². The lowest BCUT2D eigenvalue weighted by molar-refractivity contribution is 0.607. The van der Waals surface area contributed by atoms with Crippen molar-refractivity contribution in [2.45, 2.75) is 13.0 Å². The predicted octanol–water partition coefficient (Wildman–Crippen LogP) is 2.57. The first kappa shape index (κ1) is 11.1. The van der Waals surface area contributed by atoms with Crippen LogP contribution < -0.4 is 11.1 Å². The van der Waals surface area contributed by atoms with Gasteiger partial charge in [-0.25, -0.2) is 0 Å². The molecule has 86 valence electrons. The molecule has 1 heterocycles. The van der Waals surface area contributed by atoms with Crippen molar-refractivity contribution in [1.82, 2.24) is 4.98 Å². The second-order valence-corrected chi connectivity index (χ2v) is 4.66. The molecule has 0 saturated heterocycles. The number of oxazole rings is 1. The van der Waals surface area contributed by atoms with Gasteiger partial charge in [0, 0.05) is 23.5 Å². The van der Waals surface area contributed by atoms with Crippen LogP contribution in [-0.2, 0) is 0 Å². The molecule has 1 atom stereocenters. The summed E-state index contributed by atoms with van der Waals surface area (Å²) in [7, 11) is 0. The van der Waals surface area contributed by atoms with Crippen LogP contribution in [0.4, 0.5) is 11.7 Å². The van der Waals surface area contributed by atoms with Crippen molar-refractivity contribution in [1.29, 1.82) is 0 Å². The summed E-state index contributed by atoms with van der Waals surface area (Å²) in [6.07, 6.45) is 2.07. The molecule has 16 heavy (non-hydrogen) atoms. The van der Waals surface area contributed by atoms with Crippen molar-refractivity contribution in [3.05, 3.63) is 18.2 Å². The lowest BCUT2D eigenvalue weighted by Gasteiger charge is -2.09. The second kappa shape index (κ2) is 4.65. The van der Waals surface area contributed by atoms with E-state index in [0.29, 0.717) is 17.7 Å². The Kier molecular flexibility index (Phi) is 3.24. The molecule has 0 amide bonds. The zero-order valence-corrected chi connectivity index (χ0v) is 10.2. The number of anilines is 2. The second-order valence-electron chi connectivity index (χ2n) is 3.75. The van der Waals surface area contributed by atoms with Gasteiger partial charge < -0.3 is 15.5 Å². The zero-order valence-electron chi connectivity index (χ0n) is 9.36. The van der Waals surface area contributed by atoms with Gasteiger partial charge in [0.05, 0.1) is 0 Å². The molecule has 1 aromatic heterocycles. The average Bonchev–Trinajstić information content (AvgIpc) is 2.59. The van der Waals surface area contributed by atoms with Crippen molar-refractivity contribution < 1.29 is 4.42 Å². The fraction of sp³-hybridized carbons (Fsp3) is 0.364. The van der Waals surface area contributed by atoms with Crippen LogP contribution in [0.2, 0.25) is 0 Å². The van der Waals surface area contributed by atoms with E-state index in [4.69, 9.17) is 10.2 Å². The fourth-order valence-electron chi connectivity index (χ4n) is 1.51. The number of hydrogen-bond acceptors (Lipinski definition) is 5. The lowest BCUT2D eigenvalue weighted by atomic mass is 10.3. The standard InChI is InChI=1S/C11H15N3OS/c1-7(6-16-2)13-11-14-9-4-3-8(12)5-10(9)15-11/h3-5,7H,6,12H2,1-2H3,(H,13,14). The van der Waals surface area contributed by atoms with E-state index in [2.05, 4.69) is 23.5 Å². The normalized spacial score (nSPS) is 12.9. The molecule has 1 aromatic carbocycles.